The summed E-state index contributed by atoms with van der Waals surface area (Å²) in [7, 11) is 0. The average molecular weight is 227 g/mol. The van der Waals surface area contributed by atoms with E-state index in [9.17, 15) is 4.79 Å². The maximum Gasteiger partial charge on any atom is 0.146 e. The summed E-state index contributed by atoms with van der Waals surface area (Å²) in [6.07, 6.45) is 8.45. The smallest absolute Gasteiger partial charge is 0.146 e. The molecule has 1 rings (SSSR count). The van der Waals surface area contributed by atoms with E-state index in [1.807, 2.05) is 18.2 Å². The molecular weight excluding hydrogens is 216 g/mol. The van der Waals surface area contributed by atoms with E-state index in [0.29, 0.717) is 0 Å². The monoisotopic (exact) mass is 226 g/mol. The van der Waals surface area contributed by atoms with Crippen molar-refractivity contribution in [1.82, 2.24) is 0 Å². The van der Waals surface area contributed by atoms with Crippen molar-refractivity contribution in [1.29, 1.82) is 0 Å². The first kappa shape index (κ1) is 9.46. The molecule has 0 aromatic carbocycles. The zero-order valence-electron chi connectivity index (χ0n) is 7.01. The first-order valence-corrected chi connectivity index (χ1v) is 4.71. The van der Waals surface area contributed by atoms with Gasteiger partial charge in [-0.25, -0.2) is 0 Å². The molecule has 0 saturated heterocycles. The molecule has 1 nitrogen and oxygen atoms in total. The van der Waals surface area contributed by atoms with Gasteiger partial charge in [-0.05, 0) is 31.4 Å². The molecule has 1 aliphatic carbocycles. The second-order valence-corrected chi connectivity index (χ2v) is 3.70. The number of hydrogen-bond acceptors (Lipinski definition) is 1. The fraction of sp³-hybridized carbons (Fsp3) is 0.300. The Labute approximate surface area is 81.0 Å². The lowest BCUT2D eigenvalue weighted by atomic mass is 10.0. The second-order valence-electron chi connectivity index (χ2n) is 2.85. The quantitative estimate of drug-likeness (QED) is 0.629. The highest BCUT2D eigenvalue weighted by atomic mass is 79.9. The van der Waals surface area contributed by atoms with E-state index in [1.54, 1.807) is 0 Å². The highest BCUT2D eigenvalue weighted by Gasteiger charge is 2.01. The van der Waals surface area contributed by atoms with E-state index in [0.717, 1.165) is 29.2 Å². The summed E-state index contributed by atoms with van der Waals surface area (Å²) in [5.41, 5.74) is 2.16. The van der Waals surface area contributed by atoms with Gasteiger partial charge in [0.05, 0.1) is 0 Å². The topological polar surface area (TPSA) is 17.1 Å². The molecule has 0 radical (unpaired) electrons. The number of carbonyl (C=O) groups excluding carboxylic acids is 1. The fourth-order valence-electron chi connectivity index (χ4n) is 1.03. The molecule has 1 aliphatic rings. The molecule has 0 unspecified atom stereocenters. The SMILES string of the molecule is CC1=C(Br)C=CC=C(C=O)CC1. The van der Waals surface area contributed by atoms with Crippen molar-refractivity contribution in [3.05, 3.63) is 33.9 Å². The van der Waals surface area contributed by atoms with Crippen LogP contribution < -0.4 is 0 Å². The van der Waals surface area contributed by atoms with Crippen LogP contribution in [0.1, 0.15) is 19.8 Å². The lowest BCUT2D eigenvalue weighted by Crippen LogP contribution is -1.89. The summed E-state index contributed by atoms with van der Waals surface area (Å²) >= 11 is 3.46. The van der Waals surface area contributed by atoms with Crippen molar-refractivity contribution in [2.75, 3.05) is 0 Å². The summed E-state index contributed by atoms with van der Waals surface area (Å²) in [6, 6.07) is 0. The molecule has 0 atom stereocenters. The van der Waals surface area contributed by atoms with Crippen LogP contribution in [0.3, 0.4) is 0 Å². The Morgan fingerprint density at radius 1 is 1.50 bits per heavy atom. The molecule has 0 N–H and O–H groups in total. The van der Waals surface area contributed by atoms with Gasteiger partial charge in [0.2, 0.25) is 0 Å². The van der Waals surface area contributed by atoms with E-state index in [4.69, 9.17) is 0 Å². The van der Waals surface area contributed by atoms with Crippen LogP contribution in [0.15, 0.2) is 33.9 Å². The molecular formula is C10H11BrO. The molecule has 64 valence electrons. The number of carbonyl (C=O) groups is 1. The predicted octanol–water partition coefficient (Wildman–Crippen LogP) is 3.13. The summed E-state index contributed by atoms with van der Waals surface area (Å²) < 4.78 is 1.13. The van der Waals surface area contributed by atoms with Crippen LogP contribution in [-0.4, -0.2) is 6.29 Å². The molecule has 0 saturated carbocycles. The third-order valence-corrected chi connectivity index (χ3v) is 2.84. The van der Waals surface area contributed by atoms with Crippen LogP contribution in [0.2, 0.25) is 0 Å². The van der Waals surface area contributed by atoms with Crippen molar-refractivity contribution >= 4 is 22.2 Å². The second kappa shape index (κ2) is 4.41. The van der Waals surface area contributed by atoms with Crippen LogP contribution in [0.4, 0.5) is 0 Å². The molecule has 0 heterocycles. The Hall–Kier alpha value is -0.630. The minimum atomic E-state index is 0.842. The van der Waals surface area contributed by atoms with E-state index in [1.165, 1.54) is 5.57 Å². The van der Waals surface area contributed by atoms with Gasteiger partial charge in [0.1, 0.15) is 6.29 Å². The third-order valence-electron chi connectivity index (χ3n) is 1.90. The molecule has 0 aromatic rings. The molecule has 2 heteroatoms. The fourth-order valence-corrected chi connectivity index (χ4v) is 1.38. The van der Waals surface area contributed by atoms with Gasteiger partial charge in [-0.1, -0.05) is 33.7 Å². The van der Waals surface area contributed by atoms with E-state index in [-0.39, 0.29) is 0 Å². The Bertz CT molecular complexity index is 272. The van der Waals surface area contributed by atoms with Gasteiger partial charge in [0.25, 0.3) is 0 Å². The van der Waals surface area contributed by atoms with Crippen LogP contribution in [0.5, 0.6) is 0 Å². The van der Waals surface area contributed by atoms with Gasteiger partial charge >= 0.3 is 0 Å². The van der Waals surface area contributed by atoms with Crippen LogP contribution in [-0.2, 0) is 4.79 Å². The van der Waals surface area contributed by atoms with Crippen molar-refractivity contribution in [2.45, 2.75) is 19.8 Å². The van der Waals surface area contributed by atoms with E-state index in [2.05, 4.69) is 22.9 Å². The van der Waals surface area contributed by atoms with Crippen molar-refractivity contribution in [3.8, 4) is 0 Å². The molecule has 0 fully saturated rings. The molecule has 12 heavy (non-hydrogen) atoms. The highest BCUT2D eigenvalue weighted by Crippen LogP contribution is 2.21. The van der Waals surface area contributed by atoms with Crippen LogP contribution in [0.25, 0.3) is 0 Å². The normalized spacial score (nSPS) is 18.3. The van der Waals surface area contributed by atoms with Crippen LogP contribution >= 0.6 is 15.9 Å². The average Bonchev–Trinajstić information content (AvgIpc) is 2.07. The number of allylic oxidation sites excluding steroid dienone is 6. The van der Waals surface area contributed by atoms with Gasteiger partial charge in [0, 0.05) is 4.48 Å². The van der Waals surface area contributed by atoms with Gasteiger partial charge in [-0.3, -0.25) is 4.79 Å². The molecule has 0 bridgehead atoms. The van der Waals surface area contributed by atoms with Gasteiger partial charge in [0.15, 0.2) is 0 Å². The summed E-state index contributed by atoms with van der Waals surface area (Å²) in [6.45, 7) is 2.07. The Kier molecular flexibility index (Phi) is 3.48. The summed E-state index contributed by atoms with van der Waals surface area (Å²) in [5, 5.41) is 0. The standard InChI is InChI=1S/C10H11BrO/c1-8-5-6-9(7-12)3-2-4-10(8)11/h2-4,7H,5-6H2,1H3. The Morgan fingerprint density at radius 2 is 2.25 bits per heavy atom. The molecule has 0 spiro atoms. The van der Waals surface area contributed by atoms with Gasteiger partial charge < -0.3 is 0 Å². The summed E-state index contributed by atoms with van der Waals surface area (Å²) in [4.78, 5) is 10.5. The molecule has 0 aromatic heterocycles. The van der Waals surface area contributed by atoms with Crippen LogP contribution in [0, 0.1) is 0 Å². The predicted molar refractivity (Wildman–Crippen MR) is 54.1 cm³/mol. The summed E-state index contributed by atoms with van der Waals surface area (Å²) in [5.74, 6) is 0. The number of aldehydes is 1. The molecule has 0 aliphatic heterocycles. The number of halogens is 1. The van der Waals surface area contributed by atoms with Gasteiger partial charge in [-0.15, -0.1) is 0 Å². The minimum absolute atomic E-state index is 0.842. The highest BCUT2D eigenvalue weighted by molar-refractivity contribution is 9.11. The van der Waals surface area contributed by atoms with Crippen molar-refractivity contribution < 1.29 is 4.79 Å². The lowest BCUT2D eigenvalue weighted by Gasteiger charge is -2.05. The first-order valence-electron chi connectivity index (χ1n) is 3.91. The first-order chi connectivity index (χ1) is 5.74. The third kappa shape index (κ3) is 2.45. The maximum atomic E-state index is 10.5. The van der Waals surface area contributed by atoms with Crippen molar-refractivity contribution in [3.63, 3.8) is 0 Å². The Balaban J connectivity index is 2.85. The van der Waals surface area contributed by atoms with E-state index >= 15 is 0 Å². The number of rotatable bonds is 1. The van der Waals surface area contributed by atoms with Gasteiger partial charge in [-0.2, -0.15) is 0 Å². The largest absolute Gasteiger partial charge is 0.298 e. The minimum Gasteiger partial charge on any atom is -0.298 e. The Morgan fingerprint density at radius 3 is 2.92 bits per heavy atom. The number of hydrogen-bond donors (Lipinski definition) is 0. The van der Waals surface area contributed by atoms with Crippen molar-refractivity contribution in [2.24, 2.45) is 0 Å². The zero-order chi connectivity index (χ0) is 8.97. The zero-order valence-corrected chi connectivity index (χ0v) is 8.60. The maximum absolute atomic E-state index is 10.5. The lowest BCUT2D eigenvalue weighted by molar-refractivity contribution is -0.105. The van der Waals surface area contributed by atoms with E-state index < -0.39 is 0 Å². The molecule has 0 amide bonds.